The van der Waals surface area contributed by atoms with Crippen molar-refractivity contribution >= 4 is 9.84 Å². The molecule has 0 fully saturated rings. The highest BCUT2D eigenvalue weighted by molar-refractivity contribution is 7.91. The predicted octanol–water partition coefficient (Wildman–Crippen LogP) is 0.0276. The number of hydrogen-bond acceptors (Lipinski definition) is 4. The largest absolute Gasteiger partial charge is 0.391 e. The van der Waals surface area contributed by atoms with Crippen LogP contribution in [-0.2, 0) is 9.84 Å². The number of hydrogen-bond donors (Lipinski definition) is 2. The molecular weight excluding hydrogens is 202 g/mol. The van der Waals surface area contributed by atoms with E-state index < -0.39 is 15.9 Å². The fourth-order valence-electron chi connectivity index (χ4n) is 1.09. The van der Waals surface area contributed by atoms with Crippen molar-refractivity contribution in [2.24, 2.45) is 5.92 Å². The van der Waals surface area contributed by atoms with Crippen LogP contribution in [0.5, 0.6) is 0 Å². The topological polar surface area (TPSA) is 66.4 Å². The fraction of sp³-hybridized carbons (Fsp3) is 1.00. The Bertz CT molecular complexity index is 236. The van der Waals surface area contributed by atoms with Crippen molar-refractivity contribution in [3.63, 3.8) is 0 Å². The monoisotopic (exact) mass is 223 g/mol. The lowest BCUT2D eigenvalue weighted by molar-refractivity contribution is 0.196. The van der Waals surface area contributed by atoms with Gasteiger partial charge in [-0.25, -0.2) is 8.42 Å². The summed E-state index contributed by atoms with van der Waals surface area (Å²) in [6.07, 6.45) is -0.133. The molecule has 0 aromatic carbocycles. The smallest absolute Gasteiger partial charge is 0.152 e. The maximum Gasteiger partial charge on any atom is 0.152 e. The number of nitrogens with one attached hydrogen (secondary N) is 1. The van der Waals surface area contributed by atoms with E-state index >= 15 is 0 Å². The van der Waals surface area contributed by atoms with Gasteiger partial charge in [0.05, 0.1) is 17.6 Å². The summed E-state index contributed by atoms with van der Waals surface area (Å²) in [4.78, 5) is 0. The molecule has 2 N–H and O–H groups in total. The minimum absolute atomic E-state index is 0.138. The van der Waals surface area contributed by atoms with Gasteiger partial charge in [-0.1, -0.05) is 13.8 Å². The molecule has 14 heavy (non-hydrogen) atoms. The van der Waals surface area contributed by atoms with Crippen LogP contribution in [0, 0.1) is 5.92 Å². The normalized spacial score (nSPS) is 14.6. The van der Waals surface area contributed by atoms with Gasteiger partial charge in [0.1, 0.15) is 0 Å². The third-order valence-corrected chi connectivity index (χ3v) is 3.64. The van der Waals surface area contributed by atoms with Crippen LogP contribution in [0.25, 0.3) is 0 Å². The maximum atomic E-state index is 11.4. The van der Waals surface area contributed by atoms with Crippen molar-refractivity contribution in [1.82, 2.24) is 5.32 Å². The first-order valence-corrected chi connectivity index (χ1v) is 6.72. The van der Waals surface area contributed by atoms with E-state index in [1.165, 1.54) is 0 Å². The van der Waals surface area contributed by atoms with Gasteiger partial charge in [0.15, 0.2) is 9.84 Å². The van der Waals surface area contributed by atoms with E-state index in [0.29, 0.717) is 18.9 Å². The molecule has 0 aliphatic rings. The van der Waals surface area contributed by atoms with Crippen molar-refractivity contribution in [1.29, 1.82) is 0 Å². The summed E-state index contributed by atoms with van der Waals surface area (Å²) < 4.78 is 22.9. The summed E-state index contributed by atoms with van der Waals surface area (Å²) in [6, 6.07) is 0. The van der Waals surface area contributed by atoms with Crippen molar-refractivity contribution < 1.29 is 13.5 Å². The molecule has 0 spiro atoms. The SMILES string of the molecule is CNCC(O)CS(=O)(=O)CCC(C)C. The Morgan fingerprint density at radius 2 is 1.93 bits per heavy atom. The Balaban J connectivity index is 3.95. The molecule has 1 unspecified atom stereocenters. The molecule has 0 radical (unpaired) electrons. The Morgan fingerprint density at radius 1 is 1.36 bits per heavy atom. The first-order valence-electron chi connectivity index (χ1n) is 4.90. The predicted molar refractivity (Wildman–Crippen MR) is 58.0 cm³/mol. The number of aliphatic hydroxyl groups excluding tert-OH is 1. The number of likely N-dealkylation sites (N-methyl/N-ethyl adjacent to an activating group) is 1. The van der Waals surface area contributed by atoms with E-state index in [1.54, 1.807) is 7.05 Å². The summed E-state index contributed by atoms with van der Waals surface area (Å²) in [5.41, 5.74) is 0. The summed E-state index contributed by atoms with van der Waals surface area (Å²) in [5.74, 6) is 0.414. The maximum absolute atomic E-state index is 11.4. The Hall–Kier alpha value is -0.130. The average Bonchev–Trinajstić information content (AvgIpc) is 2.00. The van der Waals surface area contributed by atoms with E-state index in [-0.39, 0.29) is 11.5 Å². The second-order valence-electron chi connectivity index (χ2n) is 4.01. The third-order valence-electron chi connectivity index (χ3n) is 1.89. The zero-order valence-electron chi connectivity index (χ0n) is 9.16. The van der Waals surface area contributed by atoms with Crippen LogP contribution < -0.4 is 5.32 Å². The molecule has 0 heterocycles. The van der Waals surface area contributed by atoms with Crippen LogP contribution in [0.2, 0.25) is 0 Å². The van der Waals surface area contributed by atoms with Crippen LogP contribution in [0.15, 0.2) is 0 Å². The Kier molecular flexibility index (Phi) is 6.31. The zero-order valence-corrected chi connectivity index (χ0v) is 9.97. The van der Waals surface area contributed by atoms with Crippen molar-refractivity contribution in [3.05, 3.63) is 0 Å². The van der Waals surface area contributed by atoms with Crippen LogP contribution in [0.4, 0.5) is 0 Å². The minimum Gasteiger partial charge on any atom is -0.391 e. The van der Waals surface area contributed by atoms with Crippen molar-refractivity contribution in [2.45, 2.75) is 26.4 Å². The molecule has 5 heteroatoms. The molecule has 0 bridgehead atoms. The summed E-state index contributed by atoms with van der Waals surface area (Å²) >= 11 is 0. The highest BCUT2D eigenvalue weighted by Crippen LogP contribution is 2.04. The number of aliphatic hydroxyl groups is 1. The molecule has 0 aromatic heterocycles. The standard InChI is InChI=1S/C9H21NO3S/c1-8(2)4-5-14(12,13)7-9(11)6-10-3/h8-11H,4-7H2,1-3H3. The van der Waals surface area contributed by atoms with Crippen LogP contribution in [0.3, 0.4) is 0 Å². The van der Waals surface area contributed by atoms with Gasteiger partial charge < -0.3 is 10.4 Å². The number of sulfone groups is 1. The van der Waals surface area contributed by atoms with E-state index in [0.717, 1.165) is 0 Å². The van der Waals surface area contributed by atoms with E-state index in [4.69, 9.17) is 0 Å². The quantitative estimate of drug-likeness (QED) is 0.639. The lowest BCUT2D eigenvalue weighted by atomic mass is 10.2. The summed E-state index contributed by atoms with van der Waals surface area (Å²) in [7, 11) is -1.40. The molecule has 86 valence electrons. The fourth-order valence-corrected chi connectivity index (χ4v) is 2.79. The van der Waals surface area contributed by atoms with Gasteiger partial charge in [0.25, 0.3) is 0 Å². The van der Waals surface area contributed by atoms with Gasteiger partial charge in [-0.3, -0.25) is 0 Å². The van der Waals surface area contributed by atoms with Crippen LogP contribution in [-0.4, -0.2) is 44.7 Å². The van der Waals surface area contributed by atoms with Gasteiger partial charge in [0.2, 0.25) is 0 Å². The van der Waals surface area contributed by atoms with E-state index in [1.807, 2.05) is 13.8 Å². The first kappa shape index (κ1) is 13.9. The Morgan fingerprint density at radius 3 is 2.36 bits per heavy atom. The van der Waals surface area contributed by atoms with Gasteiger partial charge in [-0.2, -0.15) is 0 Å². The van der Waals surface area contributed by atoms with Gasteiger partial charge >= 0.3 is 0 Å². The first-order chi connectivity index (χ1) is 6.37. The van der Waals surface area contributed by atoms with Gasteiger partial charge in [-0.05, 0) is 19.4 Å². The average molecular weight is 223 g/mol. The van der Waals surface area contributed by atoms with Crippen LogP contribution in [0.1, 0.15) is 20.3 Å². The molecule has 0 rings (SSSR count). The lowest BCUT2D eigenvalue weighted by Crippen LogP contribution is -2.31. The Labute approximate surface area is 86.6 Å². The molecule has 0 aromatic rings. The molecule has 1 atom stereocenters. The zero-order chi connectivity index (χ0) is 11.2. The van der Waals surface area contributed by atoms with E-state index in [9.17, 15) is 13.5 Å². The highest BCUT2D eigenvalue weighted by atomic mass is 32.2. The highest BCUT2D eigenvalue weighted by Gasteiger charge is 2.16. The van der Waals surface area contributed by atoms with E-state index in [2.05, 4.69) is 5.32 Å². The van der Waals surface area contributed by atoms with Gasteiger partial charge in [-0.15, -0.1) is 0 Å². The molecule has 4 nitrogen and oxygen atoms in total. The molecule has 0 aliphatic carbocycles. The molecular formula is C9H21NO3S. The lowest BCUT2D eigenvalue weighted by Gasteiger charge is -2.11. The second kappa shape index (κ2) is 6.37. The number of rotatable bonds is 7. The van der Waals surface area contributed by atoms with Crippen molar-refractivity contribution in [2.75, 3.05) is 25.1 Å². The second-order valence-corrected chi connectivity index (χ2v) is 6.24. The van der Waals surface area contributed by atoms with Crippen LogP contribution >= 0.6 is 0 Å². The molecule has 0 aliphatic heterocycles. The minimum atomic E-state index is -3.09. The third kappa shape index (κ3) is 7.29. The molecule has 0 saturated carbocycles. The summed E-state index contributed by atoms with van der Waals surface area (Å²) in [6.45, 7) is 4.29. The summed E-state index contributed by atoms with van der Waals surface area (Å²) in [5, 5.41) is 12.0. The van der Waals surface area contributed by atoms with Gasteiger partial charge in [0, 0.05) is 6.54 Å². The van der Waals surface area contributed by atoms with Crippen molar-refractivity contribution in [3.8, 4) is 0 Å². The molecule has 0 amide bonds. The molecule has 0 saturated heterocycles.